The van der Waals surface area contributed by atoms with Gasteiger partial charge in [-0.05, 0) is 40.2 Å². The fourth-order valence-corrected chi connectivity index (χ4v) is 3.93. The van der Waals surface area contributed by atoms with Crippen LogP contribution in [-0.4, -0.2) is 47.0 Å². The van der Waals surface area contributed by atoms with Gasteiger partial charge in [-0.3, -0.25) is 4.79 Å². The van der Waals surface area contributed by atoms with Crippen molar-refractivity contribution in [3.05, 3.63) is 0 Å². The van der Waals surface area contributed by atoms with Gasteiger partial charge in [0.15, 0.2) is 0 Å². The zero-order valence-corrected chi connectivity index (χ0v) is 12.0. The van der Waals surface area contributed by atoms with Crippen molar-refractivity contribution in [2.24, 2.45) is 5.92 Å². The second-order valence-electron chi connectivity index (χ2n) is 5.94. The predicted octanol–water partition coefficient (Wildman–Crippen LogP) is 1.73. The van der Waals surface area contributed by atoms with Crippen molar-refractivity contribution in [3.63, 3.8) is 0 Å². The molecule has 98 valence electrons. The van der Waals surface area contributed by atoms with E-state index in [-0.39, 0.29) is 10.7 Å². The molecule has 2 atom stereocenters. The molecule has 17 heavy (non-hydrogen) atoms. The average molecular weight is 256 g/mol. The quantitative estimate of drug-likeness (QED) is 0.775. The molecule has 0 spiro atoms. The molecule has 4 heteroatoms. The molecule has 1 amide bonds. The van der Waals surface area contributed by atoms with Gasteiger partial charge in [0, 0.05) is 35.5 Å². The third-order valence-corrected chi connectivity index (χ3v) is 5.01. The monoisotopic (exact) mass is 256 g/mol. The van der Waals surface area contributed by atoms with Crippen LogP contribution in [0.25, 0.3) is 0 Å². The van der Waals surface area contributed by atoms with Crippen LogP contribution in [0.1, 0.15) is 33.6 Å². The van der Waals surface area contributed by atoms with Crippen molar-refractivity contribution in [2.75, 3.05) is 25.4 Å². The van der Waals surface area contributed by atoms with E-state index in [1.807, 2.05) is 11.8 Å². The fourth-order valence-electron chi connectivity index (χ4n) is 2.82. The van der Waals surface area contributed by atoms with Crippen LogP contribution in [0, 0.1) is 5.92 Å². The summed E-state index contributed by atoms with van der Waals surface area (Å²) in [6, 6.07) is 0.491. The van der Waals surface area contributed by atoms with Gasteiger partial charge in [0.25, 0.3) is 0 Å². The molecule has 0 bridgehead atoms. The highest BCUT2D eigenvalue weighted by Crippen LogP contribution is 2.31. The van der Waals surface area contributed by atoms with E-state index in [0.29, 0.717) is 11.9 Å². The van der Waals surface area contributed by atoms with E-state index in [1.165, 1.54) is 0 Å². The van der Waals surface area contributed by atoms with E-state index in [9.17, 15) is 4.79 Å². The maximum Gasteiger partial charge on any atom is 0.225 e. The third kappa shape index (κ3) is 3.38. The zero-order chi connectivity index (χ0) is 12.5. The number of hydrogen-bond donors (Lipinski definition) is 1. The number of nitrogens with zero attached hydrogens (tertiary/aromatic N) is 1. The topological polar surface area (TPSA) is 32.3 Å². The van der Waals surface area contributed by atoms with Gasteiger partial charge in [-0.2, -0.15) is 11.8 Å². The Morgan fingerprint density at radius 1 is 1.47 bits per heavy atom. The zero-order valence-electron chi connectivity index (χ0n) is 11.2. The second-order valence-corrected chi connectivity index (χ2v) is 7.75. The SMILES string of the molecule is C[C@H]1C[C@@H](C(=O)N2CCSC(C)(C)C2)CCN1. The summed E-state index contributed by atoms with van der Waals surface area (Å²) in [5.41, 5.74) is 0. The Morgan fingerprint density at radius 3 is 2.88 bits per heavy atom. The van der Waals surface area contributed by atoms with Gasteiger partial charge in [-0.25, -0.2) is 0 Å². The van der Waals surface area contributed by atoms with Gasteiger partial charge in [-0.1, -0.05) is 0 Å². The van der Waals surface area contributed by atoms with Crippen LogP contribution in [0.3, 0.4) is 0 Å². The Balaban J connectivity index is 1.94. The molecule has 0 radical (unpaired) electrons. The summed E-state index contributed by atoms with van der Waals surface area (Å²) < 4.78 is 0.229. The number of piperidine rings is 1. The van der Waals surface area contributed by atoms with Crippen molar-refractivity contribution in [1.29, 1.82) is 0 Å². The Hall–Kier alpha value is -0.220. The maximum absolute atomic E-state index is 12.5. The van der Waals surface area contributed by atoms with Crippen LogP contribution < -0.4 is 5.32 Å². The van der Waals surface area contributed by atoms with Crippen LogP contribution >= 0.6 is 11.8 Å². The van der Waals surface area contributed by atoms with Crippen molar-refractivity contribution in [3.8, 4) is 0 Å². The van der Waals surface area contributed by atoms with E-state index >= 15 is 0 Å². The van der Waals surface area contributed by atoms with Gasteiger partial charge in [0.05, 0.1) is 0 Å². The lowest BCUT2D eigenvalue weighted by molar-refractivity contribution is -0.137. The maximum atomic E-state index is 12.5. The first-order valence-corrected chi connectivity index (χ1v) is 7.63. The first-order chi connectivity index (χ1) is 7.98. The number of carbonyl (C=O) groups is 1. The highest BCUT2D eigenvalue weighted by Gasteiger charge is 2.34. The Labute approximate surface area is 109 Å². The highest BCUT2D eigenvalue weighted by molar-refractivity contribution is 8.00. The molecule has 0 saturated carbocycles. The molecule has 0 aromatic heterocycles. The molecule has 2 fully saturated rings. The first kappa shape index (κ1) is 13.2. The average Bonchev–Trinajstić information content (AvgIpc) is 2.26. The first-order valence-electron chi connectivity index (χ1n) is 6.64. The smallest absolute Gasteiger partial charge is 0.225 e. The summed E-state index contributed by atoms with van der Waals surface area (Å²) in [7, 11) is 0. The number of rotatable bonds is 1. The molecule has 3 nitrogen and oxygen atoms in total. The molecular formula is C13H24N2OS. The van der Waals surface area contributed by atoms with Gasteiger partial charge < -0.3 is 10.2 Å². The molecule has 2 aliphatic rings. The molecule has 0 unspecified atom stereocenters. The van der Waals surface area contributed by atoms with Crippen LogP contribution in [0.15, 0.2) is 0 Å². The summed E-state index contributed by atoms with van der Waals surface area (Å²) in [4.78, 5) is 14.6. The minimum absolute atomic E-state index is 0.229. The summed E-state index contributed by atoms with van der Waals surface area (Å²) in [6.45, 7) is 9.49. The van der Waals surface area contributed by atoms with E-state index in [4.69, 9.17) is 0 Å². The van der Waals surface area contributed by atoms with Crippen molar-refractivity contribution in [1.82, 2.24) is 10.2 Å². The molecule has 2 aliphatic heterocycles. The molecule has 2 rings (SSSR count). The molecule has 0 aromatic carbocycles. The van der Waals surface area contributed by atoms with E-state index in [2.05, 4.69) is 31.0 Å². The van der Waals surface area contributed by atoms with Crippen LogP contribution in [0.5, 0.6) is 0 Å². The van der Waals surface area contributed by atoms with Gasteiger partial charge in [0.2, 0.25) is 5.91 Å². The summed E-state index contributed by atoms with van der Waals surface area (Å²) in [6.07, 6.45) is 2.01. The molecule has 1 N–H and O–H groups in total. The molecular weight excluding hydrogens is 232 g/mol. The highest BCUT2D eigenvalue weighted by atomic mass is 32.2. The van der Waals surface area contributed by atoms with E-state index in [0.717, 1.165) is 38.2 Å². The number of carbonyl (C=O) groups excluding carboxylic acids is 1. The van der Waals surface area contributed by atoms with Crippen molar-refractivity contribution < 1.29 is 4.79 Å². The fraction of sp³-hybridized carbons (Fsp3) is 0.923. The van der Waals surface area contributed by atoms with Crippen LogP contribution in [0.2, 0.25) is 0 Å². The minimum Gasteiger partial charge on any atom is -0.340 e. The molecule has 0 aromatic rings. The number of hydrogen-bond acceptors (Lipinski definition) is 3. The molecule has 2 saturated heterocycles. The number of amides is 1. The Bertz CT molecular complexity index is 293. The van der Waals surface area contributed by atoms with Crippen molar-refractivity contribution in [2.45, 2.75) is 44.4 Å². The summed E-state index contributed by atoms with van der Waals surface area (Å²) in [5.74, 6) is 1.73. The standard InChI is InChI=1S/C13H24N2OS/c1-10-8-11(4-5-14-10)12(16)15-6-7-17-13(2,3)9-15/h10-11,14H,4-9H2,1-3H3/t10-,11-/m0/s1. The van der Waals surface area contributed by atoms with E-state index in [1.54, 1.807) is 0 Å². The van der Waals surface area contributed by atoms with E-state index < -0.39 is 0 Å². The molecule has 0 aliphatic carbocycles. The lowest BCUT2D eigenvalue weighted by Crippen LogP contribution is -2.50. The lowest BCUT2D eigenvalue weighted by atomic mass is 9.91. The largest absolute Gasteiger partial charge is 0.340 e. The Kier molecular flexibility index (Phi) is 4.03. The Morgan fingerprint density at radius 2 is 2.24 bits per heavy atom. The third-order valence-electron chi connectivity index (χ3n) is 3.71. The summed E-state index contributed by atoms with van der Waals surface area (Å²) >= 11 is 1.98. The summed E-state index contributed by atoms with van der Waals surface area (Å²) in [5, 5.41) is 3.41. The predicted molar refractivity (Wildman–Crippen MR) is 73.3 cm³/mol. The van der Waals surface area contributed by atoms with Gasteiger partial charge in [0.1, 0.15) is 0 Å². The van der Waals surface area contributed by atoms with Crippen LogP contribution in [0.4, 0.5) is 0 Å². The number of thioether (sulfide) groups is 1. The minimum atomic E-state index is 0.229. The van der Waals surface area contributed by atoms with Gasteiger partial charge >= 0.3 is 0 Å². The van der Waals surface area contributed by atoms with Crippen molar-refractivity contribution >= 4 is 17.7 Å². The lowest BCUT2D eigenvalue weighted by Gasteiger charge is -2.40. The number of nitrogens with one attached hydrogen (secondary N) is 1. The molecule has 2 heterocycles. The van der Waals surface area contributed by atoms with Gasteiger partial charge in [-0.15, -0.1) is 0 Å². The second kappa shape index (κ2) is 5.19. The normalized spacial score (nSPS) is 33.5. The van der Waals surface area contributed by atoms with Crippen LogP contribution in [-0.2, 0) is 4.79 Å².